The maximum absolute atomic E-state index is 12.1. The van der Waals surface area contributed by atoms with Crippen molar-refractivity contribution in [1.82, 2.24) is 15.5 Å². The van der Waals surface area contributed by atoms with Gasteiger partial charge < -0.3 is 15.5 Å². The lowest BCUT2D eigenvalue weighted by Crippen LogP contribution is -2.35. The van der Waals surface area contributed by atoms with Crippen LogP contribution in [-0.2, 0) is 11.3 Å². The molecule has 0 heterocycles. The highest BCUT2D eigenvalue weighted by molar-refractivity contribution is 5.93. The standard InChI is InChI=1S/C15H23N3O2.ClH/c1-11(9-16-2)15(20)18(4)10-12-5-7-13(8-6-12)14(19)17-3;/h5-8,11,16H,9-10H2,1-4H3,(H,17,19);1H. The van der Waals surface area contributed by atoms with Crippen molar-refractivity contribution in [2.24, 2.45) is 5.92 Å². The Kier molecular flexibility index (Phi) is 8.66. The molecule has 21 heavy (non-hydrogen) atoms. The Balaban J connectivity index is 0.00000400. The molecule has 2 amide bonds. The lowest BCUT2D eigenvalue weighted by atomic mass is 10.1. The predicted octanol–water partition coefficient (Wildman–Crippen LogP) is 1.28. The molecule has 0 radical (unpaired) electrons. The van der Waals surface area contributed by atoms with Crippen LogP contribution in [0.4, 0.5) is 0 Å². The van der Waals surface area contributed by atoms with Gasteiger partial charge in [0.15, 0.2) is 0 Å². The van der Waals surface area contributed by atoms with Gasteiger partial charge in [-0.05, 0) is 24.7 Å². The van der Waals surface area contributed by atoms with Crippen molar-refractivity contribution in [3.8, 4) is 0 Å². The van der Waals surface area contributed by atoms with Gasteiger partial charge in [0.2, 0.25) is 5.91 Å². The largest absolute Gasteiger partial charge is 0.355 e. The molecule has 0 saturated carbocycles. The van der Waals surface area contributed by atoms with Gasteiger partial charge in [0.05, 0.1) is 0 Å². The van der Waals surface area contributed by atoms with Gasteiger partial charge in [0.25, 0.3) is 5.91 Å². The first kappa shape index (κ1) is 19.4. The SMILES string of the molecule is CNCC(C)C(=O)N(C)Cc1ccc(C(=O)NC)cc1.Cl. The van der Waals surface area contributed by atoms with E-state index in [1.54, 1.807) is 31.1 Å². The number of amides is 2. The summed E-state index contributed by atoms with van der Waals surface area (Å²) in [5, 5.41) is 5.58. The van der Waals surface area contributed by atoms with Crippen LogP contribution in [0.5, 0.6) is 0 Å². The highest BCUT2D eigenvalue weighted by Gasteiger charge is 2.16. The van der Waals surface area contributed by atoms with Gasteiger partial charge in [-0.1, -0.05) is 19.1 Å². The Morgan fingerprint density at radius 1 is 1.19 bits per heavy atom. The van der Waals surface area contributed by atoms with Crippen LogP contribution in [-0.4, -0.2) is 44.4 Å². The summed E-state index contributed by atoms with van der Waals surface area (Å²) in [7, 11) is 5.23. The van der Waals surface area contributed by atoms with E-state index in [9.17, 15) is 9.59 Å². The molecule has 1 rings (SSSR count). The molecule has 118 valence electrons. The van der Waals surface area contributed by atoms with Gasteiger partial charge in [-0.3, -0.25) is 9.59 Å². The fourth-order valence-electron chi connectivity index (χ4n) is 2.03. The van der Waals surface area contributed by atoms with Crippen molar-refractivity contribution in [1.29, 1.82) is 0 Å². The second kappa shape index (κ2) is 9.37. The third-order valence-corrected chi connectivity index (χ3v) is 3.17. The number of rotatable bonds is 6. The maximum atomic E-state index is 12.1. The number of nitrogens with zero attached hydrogens (tertiary/aromatic N) is 1. The monoisotopic (exact) mass is 313 g/mol. The zero-order valence-corrected chi connectivity index (χ0v) is 13.8. The second-order valence-corrected chi connectivity index (χ2v) is 4.93. The van der Waals surface area contributed by atoms with Gasteiger partial charge in [-0.25, -0.2) is 0 Å². The Morgan fingerprint density at radius 2 is 1.76 bits per heavy atom. The van der Waals surface area contributed by atoms with E-state index in [1.807, 2.05) is 26.1 Å². The summed E-state index contributed by atoms with van der Waals surface area (Å²) < 4.78 is 0. The minimum Gasteiger partial charge on any atom is -0.355 e. The van der Waals surface area contributed by atoms with E-state index in [0.29, 0.717) is 18.7 Å². The average molecular weight is 314 g/mol. The van der Waals surface area contributed by atoms with Crippen LogP contribution in [0, 0.1) is 5.92 Å². The normalized spacial score (nSPS) is 11.2. The summed E-state index contributed by atoms with van der Waals surface area (Å²) in [4.78, 5) is 25.2. The topological polar surface area (TPSA) is 61.4 Å². The van der Waals surface area contributed by atoms with Gasteiger partial charge in [0, 0.05) is 38.7 Å². The smallest absolute Gasteiger partial charge is 0.251 e. The van der Waals surface area contributed by atoms with Gasteiger partial charge in [-0.15, -0.1) is 12.4 Å². The molecule has 5 nitrogen and oxygen atoms in total. The molecule has 0 bridgehead atoms. The molecule has 0 aromatic heterocycles. The summed E-state index contributed by atoms with van der Waals surface area (Å²) in [6.07, 6.45) is 0. The van der Waals surface area contributed by atoms with E-state index in [2.05, 4.69) is 10.6 Å². The Labute approximate surface area is 132 Å². The molecule has 0 aliphatic carbocycles. The van der Waals surface area contributed by atoms with Gasteiger partial charge in [0.1, 0.15) is 0 Å². The summed E-state index contributed by atoms with van der Waals surface area (Å²) in [5.74, 6) is -0.0477. The second-order valence-electron chi connectivity index (χ2n) is 4.93. The maximum Gasteiger partial charge on any atom is 0.251 e. The van der Waals surface area contributed by atoms with Crippen LogP contribution in [0.2, 0.25) is 0 Å². The van der Waals surface area contributed by atoms with Crippen LogP contribution in [0.1, 0.15) is 22.8 Å². The summed E-state index contributed by atoms with van der Waals surface area (Å²) in [6, 6.07) is 7.28. The fraction of sp³-hybridized carbons (Fsp3) is 0.467. The molecule has 2 N–H and O–H groups in total. The molecule has 6 heteroatoms. The molecular weight excluding hydrogens is 290 g/mol. The predicted molar refractivity (Wildman–Crippen MR) is 86.6 cm³/mol. The number of nitrogens with one attached hydrogen (secondary N) is 2. The van der Waals surface area contributed by atoms with Crippen LogP contribution >= 0.6 is 12.4 Å². The molecule has 0 aliphatic rings. The first-order valence-electron chi connectivity index (χ1n) is 6.70. The third kappa shape index (κ3) is 5.73. The van der Waals surface area contributed by atoms with E-state index in [0.717, 1.165) is 5.56 Å². The summed E-state index contributed by atoms with van der Waals surface area (Å²) in [6.45, 7) is 3.11. The van der Waals surface area contributed by atoms with E-state index in [1.165, 1.54) is 0 Å². The average Bonchev–Trinajstić information content (AvgIpc) is 2.46. The summed E-state index contributed by atoms with van der Waals surface area (Å²) >= 11 is 0. The lowest BCUT2D eigenvalue weighted by Gasteiger charge is -2.21. The fourth-order valence-corrected chi connectivity index (χ4v) is 2.03. The number of benzene rings is 1. The molecule has 0 aliphatic heterocycles. The number of hydrogen-bond acceptors (Lipinski definition) is 3. The van der Waals surface area contributed by atoms with Gasteiger partial charge >= 0.3 is 0 Å². The van der Waals surface area contributed by atoms with Gasteiger partial charge in [-0.2, -0.15) is 0 Å². The quantitative estimate of drug-likeness (QED) is 0.832. The van der Waals surface area contributed by atoms with E-state index >= 15 is 0 Å². The molecular formula is C15H24ClN3O2. The third-order valence-electron chi connectivity index (χ3n) is 3.17. The van der Waals surface area contributed by atoms with Crippen molar-refractivity contribution >= 4 is 24.2 Å². The van der Waals surface area contributed by atoms with Crippen molar-refractivity contribution in [2.75, 3.05) is 27.7 Å². The van der Waals surface area contributed by atoms with Crippen molar-refractivity contribution in [3.63, 3.8) is 0 Å². The molecule has 0 saturated heterocycles. The van der Waals surface area contributed by atoms with Crippen molar-refractivity contribution < 1.29 is 9.59 Å². The van der Waals surface area contributed by atoms with Crippen LogP contribution in [0.15, 0.2) is 24.3 Å². The van der Waals surface area contributed by atoms with E-state index < -0.39 is 0 Å². The number of carbonyl (C=O) groups is 2. The van der Waals surface area contributed by atoms with E-state index in [4.69, 9.17) is 0 Å². The Hall–Kier alpha value is -1.59. The zero-order chi connectivity index (χ0) is 15.1. The molecule has 1 unspecified atom stereocenters. The zero-order valence-electron chi connectivity index (χ0n) is 13.0. The number of hydrogen-bond donors (Lipinski definition) is 2. The minimum absolute atomic E-state index is 0. The van der Waals surface area contributed by atoms with Crippen molar-refractivity contribution in [2.45, 2.75) is 13.5 Å². The Bertz CT molecular complexity index is 462. The molecule has 0 fully saturated rings. The molecule has 1 aromatic rings. The Morgan fingerprint density at radius 3 is 2.24 bits per heavy atom. The van der Waals surface area contributed by atoms with Crippen LogP contribution in [0.3, 0.4) is 0 Å². The first-order valence-corrected chi connectivity index (χ1v) is 6.70. The minimum atomic E-state index is -0.108. The lowest BCUT2D eigenvalue weighted by molar-refractivity contribution is -0.134. The molecule has 1 atom stereocenters. The number of carbonyl (C=O) groups excluding carboxylic acids is 2. The van der Waals surface area contributed by atoms with E-state index in [-0.39, 0.29) is 30.1 Å². The molecule has 0 spiro atoms. The van der Waals surface area contributed by atoms with Crippen LogP contribution < -0.4 is 10.6 Å². The van der Waals surface area contributed by atoms with Crippen molar-refractivity contribution in [3.05, 3.63) is 35.4 Å². The highest BCUT2D eigenvalue weighted by atomic mass is 35.5. The molecule has 1 aromatic carbocycles. The highest BCUT2D eigenvalue weighted by Crippen LogP contribution is 2.09. The van der Waals surface area contributed by atoms with Crippen LogP contribution in [0.25, 0.3) is 0 Å². The number of halogens is 1. The summed E-state index contributed by atoms with van der Waals surface area (Å²) in [5.41, 5.74) is 1.62. The first-order chi connectivity index (χ1) is 9.49.